The highest BCUT2D eigenvalue weighted by atomic mass is 16.7. The van der Waals surface area contributed by atoms with Gasteiger partial charge in [0, 0.05) is 24.9 Å². The molecule has 11 heteroatoms. The van der Waals surface area contributed by atoms with Crippen LogP contribution in [-0.4, -0.2) is 84.2 Å². The van der Waals surface area contributed by atoms with Crippen LogP contribution < -0.4 is 18.9 Å². The molecule has 274 valence electrons. The molecule has 5 rings (SSSR count). The third-order valence-electron chi connectivity index (χ3n) is 9.52. The van der Waals surface area contributed by atoms with Gasteiger partial charge in [0.1, 0.15) is 11.5 Å². The summed E-state index contributed by atoms with van der Waals surface area (Å²) in [6.07, 6.45) is 7.32. The first-order valence-electron chi connectivity index (χ1n) is 18.1. The Balaban J connectivity index is 1.19. The van der Waals surface area contributed by atoms with Gasteiger partial charge in [0.15, 0.2) is 11.5 Å². The molecule has 1 atom stereocenters. The number of amides is 1. The molecule has 11 nitrogen and oxygen atoms in total. The van der Waals surface area contributed by atoms with Gasteiger partial charge in [-0.25, -0.2) is 0 Å². The van der Waals surface area contributed by atoms with Crippen molar-refractivity contribution in [2.24, 2.45) is 0 Å². The van der Waals surface area contributed by atoms with E-state index in [4.69, 9.17) is 24.1 Å². The summed E-state index contributed by atoms with van der Waals surface area (Å²) in [5.74, 6) is 0.903. The third kappa shape index (κ3) is 10.4. The third-order valence-corrected chi connectivity index (χ3v) is 9.52. The second-order valence-corrected chi connectivity index (χ2v) is 13.2. The number of aryl methyl sites for hydroxylation is 1. The molecule has 1 unspecified atom stereocenters. The number of nitrogens with zero attached hydrogens (tertiary/aromatic N) is 2. The molecule has 0 bridgehead atoms. The summed E-state index contributed by atoms with van der Waals surface area (Å²) in [4.78, 5) is 40.3. The Morgan fingerprint density at radius 3 is 2.39 bits per heavy atom. The van der Waals surface area contributed by atoms with E-state index in [2.05, 4.69) is 11.9 Å². The molecule has 0 aromatic heterocycles. The van der Waals surface area contributed by atoms with Gasteiger partial charge in [-0.2, -0.15) is 0 Å². The van der Waals surface area contributed by atoms with Crippen molar-refractivity contribution in [3.63, 3.8) is 0 Å². The lowest BCUT2D eigenvalue weighted by molar-refractivity contribution is -0.138. The SMILES string of the molecule is CCN(C(=O)c1cc(OCCCCCCc2cccc(OCCCC(=O)O)c2CCC(=O)O)cc(-c2ccc3c(c2)OCO3)c1)C1CCCN1C. The van der Waals surface area contributed by atoms with E-state index in [1.807, 2.05) is 66.4 Å². The van der Waals surface area contributed by atoms with Crippen LogP contribution in [0, 0.1) is 0 Å². The van der Waals surface area contributed by atoms with Crippen LogP contribution in [0.25, 0.3) is 11.1 Å². The normalized spacial score (nSPS) is 15.1. The van der Waals surface area contributed by atoms with Gasteiger partial charge in [0.05, 0.1) is 19.4 Å². The Hall–Kier alpha value is -4.77. The van der Waals surface area contributed by atoms with Crippen molar-refractivity contribution in [3.8, 4) is 34.1 Å². The predicted octanol–water partition coefficient (Wildman–Crippen LogP) is 7.04. The van der Waals surface area contributed by atoms with E-state index >= 15 is 0 Å². The van der Waals surface area contributed by atoms with E-state index in [-0.39, 0.29) is 38.3 Å². The molecule has 3 aromatic rings. The van der Waals surface area contributed by atoms with E-state index in [1.54, 1.807) is 0 Å². The zero-order valence-corrected chi connectivity index (χ0v) is 29.7. The van der Waals surface area contributed by atoms with Gasteiger partial charge in [-0.15, -0.1) is 0 Å². The van der Waals surface area contributed by atoms with Crippen LogP contribution in [0.4, 0.5) is 0 Å². The van der Waals surface area contributed by atoms with E-state index < -0.39 is 11.9 Å². The van der Waals surface area contributed by atoms with Crippen LogP contribution in [-0.2, 0) is 22.4 Å². The van der Waals surface area contributed by atoms with E-state index in [0.717, 1.165) is 73.7 Å². The van der Waals surface area contributed by atoms with Gasteiger partial charge in [-0.3, -0.25) is 19.3 Å². The Bertz CT molecular complexity index is 1660. The van der Waals surface area contributed by atoms with Crippen molar-refractivity contribution < 1.29 is 43.5 Å². The maximum Gasteiger partial charge on any atom is 0.303 e. The fourth-order valence-corrected chi connectivity index (χ4v) is 6.85. The van der Waals surface area contributed by atoms with Crippen LogP contribution >= 0.6 is 0 Å². The van der Waals surface area contributed by atoms with Crippen LogP contribution in [0.15, 0.2) is 54.6 Å². The number of unbranched alkanes of at least 4 members (excludes halogenated alkanes) is 3. The summed E-state index contributed by atoms with van der Waals surface area (Å²) >= 11 is 0. The second kappa shape index (κ2) is 18.5. The number of ether oxygens (including phenoxy) is 4. The summed E-state index contributed by atoms with van der Waals surface area (Å²) in [7, 11) is 2.07. The minimum Gasteiger partial charge on any atom is -0.494 e. The van der Waals surface area contributed by atoms with Crippen molar-refractivity contribution in [2.45, 2.75) is 83.7 Å². The van der Waals surface area contributed by atoms with Gasteiger partial charge in [-0.05, 0) is 124 Å². The number of benzene rings is 3. The maximum absolute atomic E-state index is 13.9. The first-order valence-corrected chi connectivity index (χ1v) is 18.1. The molecule has 0 saturated carbocycles. The largest absolute Gasteiger partial charge is 0.494 e. The quantitative estimate of drug-likeness (QED) is 0.118. The average molecular weight is 703 g/mol. The van der Waals surface area contributed by atoms with Crippen molar-refractivity contribution >= 4 is 17.8 Å². The maximum atomic E-state index is 13.9. The Kier molecular flexibility index (Phi) is 13.6. The minimum atomic E-state index is -0.872. The second-order valence-electron chi connectivity index (χ2n) is 13.2. The molecule has 0 aliphatic carbocycles. The van der Waals surface area contributed by atoms with Gasteiger partial charge >= 0.3 is 11.9 Å². The van der Waals surface area contributed by atoms with E-state index in [9.17, 15) is 19.5 Å². The molecule has 2 aliphatic rings. The molecule has 0 radical (unpaired) electrons. The summed E-state index contributed by atoms with van der Waals surface area (Å²) in [5.41, 5.74) is 4.32. The van der Waals surface area contributed by atoms with Crippen molar-refractivity contribution in [3.05, 3.63) is 71.3 Å². The Labute approximate surface area is 300 Å². The molecule has 1 amide bonds. The van der Waals surface area contributed by atoms with Gasteiger partial charge < -0.3 is 34.1 Å². The first kappa shape index (κ1) is 37.5. The topological polar surface area (TPSA) is 135 Å². The van der Waals surface area contributed by atoms with Gasteiger partial charge in [0.25, 0.3) is 5.91 Å². The first-order chi connectivity index (χ1) is 24.7. The van der Waals surface area contributed by atoms with Crippen molar-refractivity contribution in [1.82, 2.24) is 9.80 Å². The lowest BCUT2D eigenvalue weighted by Crippen LogP contribution is -2.46. The highest BCUT2D eigenvalue weighted by molar-refractivity contribution is 5.96. The van der Waals surface area contributed by atoms with Crippen LogP contribution in [0.5, 0.6) is 23.0 Å². The zero-order valence-electron chi connectivity index (χ0n) is 29.7. The fourth-order valence-electron chi connectivity index (χ4n) is 6.85. The lowest BCUT2D eigenvalue weighted by Gasteiger charge is -2.32. The number of hydrogen-bond acceptors (Lipinski definition) is 8. The predicted molar refractivity (Wildman–Crippen MR) is 193 cm³/mol. The lowest BCUT2D eigenvalue weighted by atomic mass is 9.97. The molecule has 2 aliphatic heterocycles. The average Bonchev–Trinajstić information content (AvgIpc) is 3.77. The molecule has 2 N–H and O–H groups in total. The summed E-state index contributed by atoms with van der Waals surface area (Å²) in [6, 6.07) is 17.3. The summed E-state index contributed by atoms with van der Waals surface area (Å²) in [5, 5.41) is 18.2. The number of rotatable bonds is 20. The van der Waals surface area contributed by atoms with Gasteiger partial charge in [-0.1, -0.05) is 31.0 Å². The number of carbonyl (C=O) groups is 3. The molecule has 1 saturated heterocycles. The number of hydrogen-bond donors (Lipinski definition) is 2. The van der Waals surface area contributed by atoms with Gasteiger partial charge in [0.2, 0.25) is 6.79 Å². The highest BCUT2D eigenvalue weighted by Crippen LogP contribution is 2.37. The summed E-state index contributed by atoms with van der Waals surface area (Å²) < 4.78 is 23.3. The smallest absolute Gasteiger partial charge is 0.303 e. The Morgan fingerprint density at radius 1 is 0.843 bits per heavy atom. The summed E-state index contributed by atoms with van der Waals surface area (Å²) in [6.45, 7) is 4.57. The highest BCUT2D eigenvalue weighted by Gasteiger charge is 2.30. The number of carbonyl (C=O) groups excluding carboxylic acids is 1. The molecular formula is C40H50N2O9. The Morgan fingerprint density at radius 2 is 1.63 bits per heavy atom. The molecule has 0 spiro atoms. The van der Waals surface area contributed by atoms with Crippen LogP contribution in [0.1, 0.15) is 86.2 Å². The number of fused-ring (bicyclic) bond motifs is 1. The number of likely N-dealkylation sites (tertiary alicyclic amines) is 1. The monoisotopic (exact) mass is 702 g/mol. The molecule has 1 fully saturated rings. The number of carboxylic acid groups (broad SMARTS) is 2. The molecule has 51 heavy (non-hydrogen) atoms. The van der Waals surface area contributed by atoms with Crippen LogP contribution in [0.3, 0.4) is 0 Å². The van der Waals surface area contributed by atoms with E-state index in [1.165, 1.54) is 0 Å². The van der Waals surface area contributed by atoms with Crippen molar-refractivity contribution in [1.29, 1.82) is 0 Å². The molecule has 3 aromatic carbocycles. The minimum absolute atomic E-state index is 0.00286. The zero-order chi connectivity index (χ0) is 36.2. The standard InChI is InChI=1S/C40H50N2O9/c1-3-42(37-14-9-20-41(37)2)40(47)31-23-30(29-16-18-35-36(26-29)51-27-50-35)24-32(25-31)48-21-7-5-4-6-11-28-12-8-13-34(33(28)17-19-39(45)46)49-22-10-15-38(43)44/h8,12-13,16,18,23-26,37H,3-7,9-11,14-15,17,19-22,27H2,1-2H3,(H,43,44)(H,45,46). The molecule has 2 heterocycles. The van der Waals surface area contributed by atoms with Crippen molar-refractivity contribution in [2.75, 3.05) is 40.1 Å². The number of aliphatic carboxylic acids is 2. The van der Waals surface area contributed by atoms with Crippen LogP contribution in [0.2, 0.25) is 0 Å². The number of carboxylic acids is 2. The molecular weight excluding hydrogens is 652 g/mol. The fraction of sp³-hybridized carbons (Fsp3) is 0.475. The van der Waals surface area contributed by atoms with E-state index in [0.29, 0.717) is 54.6 Å².